The number of rotatable bonds is 13. The molecule has 0 spiro atoms. The van der Waals surface area contributed by atoms with Gasteiger partial charge in [0.25, 0.3) is 0 Å². The topological polar surface area (TPSA) is 51.2 Å². The van der Waals surface area contributed by atoms with E-state index in [4.69, 9.17) is 16.3 Å². The second kappa shape index (κ2) is 13.9. The van der Waals surface area contributed by atoms with Gasteiger partial charge in [-0.05, 0) is 43.1 Å². The molecule has 0 unspecified atom stereocenters. The van der Waals surface area contributed by atoms with Gasteiger partial charge in [0.1, 0.15) is 5.15 Å². The summed E-state index contributed by atoms with van der Waals surface area (Å²) >= 11 is 6.23. The van der Waals surface area contributed by atoms with Crippen molar-refractivity contribution < 1.29 is 9.53 Å². The highest BCUT2D eigenvalue weighted by Gasteiger charge is 2.04. The molecule has 0 aliphatic carbocycles. The van der Waals surface area contributed by atoms with Gasteiger partial charge < -0.3 is 10.1 Å². The fourth-order valence-electron chi connectivity index (χ4n) is 3.16. The van der Waals surface area contributed by atoms with Crippen LogP contribution in [-0.4, -0.2) is 24.0 Å². The fourth-order valence-corrected chi connectivity index (χ4v) is 3.41. The first kappa shape index (κ1) is 24.9. The van der Waals surface area contributed by atoms with E-state index < -0.39 is 0 Å². The van der Waals surface area contributed by atoms with E-state index in [-0.39, 0.29) is 5.91 Å². The zero-order chi connectivity index (χ0) is 22.5. The number of nitrogens with zero attached hydrogens (tertiary/aromatic N) is 1. The summed E-state index contributed by atoms with van der Waals surface area (Å²) in [5.74, 6) is 1.04. The average Bonchev–Trinajstić information content (AvgIpc) is 2.73. The van der Waals surface area contributed by atoms with E-state index in [1.165, 1.54) is 12.8 Å². The van der Waals surface area contributed by atoms with Gasteiger partial charge in [-0.1, -0.05) is 81.1 Å². The summed E-state index contributed by atoms with van der Waals surface area (Å²) in [5, 5.41) is 5.39. The number of benzene rings is 1. The Labute approximate surface area is 191 Å². The van der Waals surface area contributed by atoms with Crippen molar-refractivity contribution in [1.29, 1.82) is 0 Å². The highest BCUT2D eigenvalue weighted by atomic mass is 35.5. The van der Waals surface area contributed by atoms with Gasteiger partial charge >= 0.3 is 0 Å². The van der Waals surface area contributed by atoms with Crippen molar-refractivity contribution in [2.75, 3.05) is 13.2 Å². The zero-order valence-corrected chi connectivity index (χ0v) is 19.8. The van der Waals surface area contributed by atoms with Crippen molar-refractivity contribution >= 4 is 28.3 Å². The van der Waals surface area contributed by atoms with Gasteiger partial charge in [0, 0.05) is 24.1 Å². The van der Waals surface area contributed by atoms with Crippen molar-refractivity contribution in [2.24, 2.45) is 5.92 Å². The summed E-state index contributed by atoms with van der Waals surface area (Å²) in [7, 11) is 0. The Bertz CT molecular complexity index is 890. The molecule has 0 fully saturated rings. The third-order valence-corrected chi connectivity index (χ3v) is 5.15. The van der Waals surface area contributed by atoms with Gasteiger partial charge in [0.05, 0.1) is 6.61 Å². The van der Waals surface area contributed by atoms with Crippen LogP contribution in [0.4, 0.5) is 0 Å². The molecule has 2 rings (SSSR count). The lowest BCUT2D eigenvalue weighted by Gasteiger charge is -2.07. The first-order chi connectivity index (χ1) is 15.0. The molecule has 0 atom stereocenters. The molecule has 0 radical (unpaired) electrons. The standard InChI is InChI=1S/C26H35ClN2O2/c1-20(2)19-28-24(30)17-21(3)13-9-7-5-4-6-8-12-16-31-25-18-22-14-10-11-15-23(22)26(27)29-25/h9-11,13-15,17-18,20H,4-8,12,16,19H2,1-3H3,(H,28,30)/b13-9+,21-17+. The quantitative estimate of drug-likeness (QED) is 0.159. The molecule has 1 N–H and O–H groups in total. The molecule has 0 saturated carbocycles. The second-order valence-electron chi connectivity index (χ2n) is 8.31. The van der Waals surface area contributed by atoms with Crippen LogP contribution in [-0.2, 0) is 4.79 Å². The lowest BCUT2D eigenvalue weighted by molar-refractivity contribution is -0.116. The van der Waals surface area contributed by atoms with E-state index in [1.807, 2.05) is 43.3 Å². The first-order valence-electron chi connectivity index (χ1n) is 11.3. The Morgan fingerprint density at radius 1 is 1.16 bits per heavy atom. The molecule has 1 heterocycles. The van der Waals surface area contributed by atoms with E-state index >= 15 is 0 Å². The lowest BCUT2D eigenvalue weighted by atomic mass is 10.1. The van der Waals surface area contributed by atoms with Gasteiger partial charge in [-0.15, -0.1) is 0 Å². The number of hydrogen-bond acceptors (Lipinski definition) is 3. The van der Waals surface area contributed by atoms with Crippen LogP contribution in [0.15, 0.2) is 54.1 Å². The summed E-state index contributed by atoms with van der Waals surface area (Å²) in [5.41, 5.74) is 0.987. The minimum atomic E-state index is -0.0146. The third-order valence-electron chi connectivity index (χ3n) is 4.86. The highest BCUT2D eigenvalue weighted by molar-refractivity contribution is 6.34. The number of amides is 1. The third kappa shape index (κ3) is 10.0. The maximum absolute atomic E-state index is 11.7. The monoisotopic (exact) mass is 442 g/mol. The van der Waals surface area contributed by atoms with E-state index in [0.29, 0.717) is 30.1 Å². The molecule has 1 aromatic heterocycles. The van der Waals surface area contributed by atoms with Gasteiger partial charge in [0.2, 0.25) is 11.8 Å². The number of nitrogens with one attached hydrogen (secondary N) is 1. The molecule has 5 heteroatoms. The van der Waals surface area contributed by atoms with Crippen LogP contribution in [0.25, 0.3) is 10.8 Å². The van der Waals surface area contributed by atoms with Crippen molar-refractivity contribution in [1.82, 2.24) is 10.3 Å². The summed E-state index contributed by atoms with van der Waals surface area (Å²) < 4.78 is 5.78. The molecule has 4 nitrogen and oxygen atoms in total. The van der Waals surface area contributed by atoms with Crippen LogP contribution in [0.3, 0.4) is 0 Å². The minimum Gasteiger partial charge on any atom is -0.478 e. The SMILES string of the molecule is CC(/C=C/CCCCCCCOc1cc2ccccc2c(Cl)n1)=C\C(=O)NCC(C)C. The van der Waals surface area contributed by atoms with Crippen LogP contribution in [0.2, 0.25) is 5.15 Å². The molecule has 2 aromatic rings. The number of fused-ring (bicyclic) bond motifs is 1. The fraction of sp³-hybridized carbons (Fsp3) is 0.462. The van der Waals surface area contributed by atoms with Crippen molar-refractivity contribution in [3.8, 4) is 5.88 Å². The normalized spacial score (nSPS) is 12.1. The van der Waals surface area contributed by atoms with Crippen molar-refractivity contribution in [3.05, 3.63) is 59.3 Å². The van der Waals surface area contributed by atoms with Crippen molar-refractivity contribution in [2.45, 2.75) is 59.3 Å². The predicted molar refractivity (Wildman–Crippen MR) is 131 cm³/mol. The van der Waals surface area contributed by atoms with Gasteiger partial charge in [-0.3, -0.25) is 4.79 Å². The molecule has 0 bridgehead atoms. The Hall–Kier alpha value is -2.33. The van der Waals surface area contributed by atoms with Gasteiger partial charge in [-0.2, -0.15) is 0 Å². The smallest absolute Gasteiger partial charge is 0.244 e. The van der Waals surface area contributed by atoms with Crippen LogP contribution < -0.4 is 10.1 Å². The molecule has 1 amide bonds. The number of halogens is 1. The molecular formula is C26H35ClN2O2. The predicted octanol–water partition coefficient (Wildman–Crippen LogP) is 6.88. The number of carbonyl (C=O) groups is 1. The molecule has 0 aliphatic rings. The van der Waals surface area contributed by atoms with Crippen LogP contribution in [0.1, 0.15) is 59.3 Å². The summed E-state index contributed by atoms with van der Waals surface area (Å²) in [4.78, 5) is 16.1. The Morgan fingerprint density at radius 3 is 2.71 bits per heavy atom. The number of pyridine rings is 1. The molecule has 1 aromatic carbocycles. The average molecular weight is 443 g/mol. The van der Waals surface area contributed by atoms with Crippen LogP contribution in [0.5, 0.6) is 5.88 Å². The molecule has 168 valence electrons. The number of carbonyl (C=O) groups excluding carboxylic acids is 1. The Morgan fingerprint density at radius 2 is 1.90 bits per heavy atom. The van der Waals surface area contributed by atoms with Gasteiger partial charge in [-0.25, -0.2) is 4.98 Å². The number of aromatic nitrogens is 1. The Kier molecular flexibility index (Phi) is 11.2. The molecular weight excluding hydrogens is 408 g/mol. The van der Waals surface area contributed by atoms with Crippen LogP contribution in [0, 0.1) is 5.92 Å². The molecule has 0 aliphatic heterocycles. The number of hydrogen-bond donors (Lipinski definition) is 1. The van der Waals surface area contributed by atoms with Gasteiger partial charge in [0.15, 0.2) is 0 Å². The van der Waals surface area contributed by atoms with E-state index in [0.717, 1.165) is 42.0 Å². The number of allylic oxidation sites excluding steroid dienone is 3. The van der Waals surface area contributed by atoms with E-state index in [1.54, 1.807) is 6.08 Å². The largest absolute Gasteiger partial charge is 0.478 e. The maximum atomic E-state index is 11.7. The van der Waals surface area contributed by atoms with E-state index in [2.05, 4.69) is 30.2 Å². The number of unbranched alkanes of at least 4 members (excludes halogenated alkanes) is 5. The second-order valence-corrected chi connectivity index (χ2v) is 8.67. The lowest BCUT2D eigenvalue weighted by Crippen LogP contribution is -2.25. The zero-order valence-electron chi connectivity index (χ0n) is 19.0. The summed E-state index contributed by atoms with van der Waals surface area (Å²) in [6, 6.07) is 9.87. The van der Waals surface area contributed by atoms with E-state index in [9.17, 15) is 4.79 Å². The summed E-state index contributed by atoms with van der Waals surface area (Å²) in [6.45, 7) is 7.50. The Balaban J connectivity index is 1.54. The minimum absolute atomic E-state index is 0.0146. The summed E-state index contributed by atoms with van der Waals surface area (Å²) in [6.07, 6.45) is 12.6. The molecule has 0 saturated heterocycles. The highest BCUT2D eigenvalue weighted by Crippen LogP contribution is 2.25. The first-order valence-corrected chi connectivity index (χ1v) is 11.6. The van der Waals surface area contributed by atoms with Crippen molar-refractivity contribution in [3.63, 3.8) is 0 Å². The van der Waals surface area contributed by atoms with Crippen LogP contribution >= 0.6 is 11.6 Å². The number of ether oxygens (including phenoxy) is 1. The maximum Gasteiger partial charge on any atom is 0.244 e. The molecule has 31 heavy (non-hydrogen) atoms.